The Balaban J connectivity index is 2.84. The van der Waals surface area contributed by atoms with Crippen molar-refractivity contribution in [3.8, 4) is 0 Å². The molecule has 2 atom stereocenters. The second kappa shape index (κ2) is 6.46. The van der Waals surface area contributed by atoms with Crippen molar-refractivity contribution in [1.29, 1.82) is 0 Å². The average Bonchev–Trinajstić information content (AvgIpc) is 2.31. The quantitative estimate of drug-likeness (QED) is 0.711. The molecule has 0 aromatic carbocycles. The molecule has 0 spiro atoms. The van der Waals surface area contributed by atoms with Crippen LogP contribution in [0, 0.1) is 0 Å². The van der Waals surface area contributed by atoms with Gasteiger partial charge in [-0.25, -0.2) is 4.79 Å². The van der Waals surface area contributed by atoms with E-state index in [1.54, 1.807) is 6.07 Å². The minimum atomic E-state index is -1.02. The summed E-state index contributed by atoms with van der Waals surface area (Å²) < 4.78 is 0. The van der Waals surface area contributed by atoms with Crippen molar-refractivity contribution in [2.75, 3.05) is 18.2 Å². The SMILES string of the molecule is CSC(CO)C(C)Nc1ccncc1C(=O)O. The van der Waals surface area contributed by atoms with Gasteiger partial charge in [0.05, 0.1) is 12.3 Å². The third-order valence-corrected chi connectivity index (χ3v) is 3.64. The lowest BCUT2D eigenvalue weighted by atomic mass is 10.2. The predicted molar refractivity (Wildman–Crippen MR) is 68.7 cm³/mol. The van der Waals surface area contributed by atoms with Crippen molar-refractivity contribution in [3.63, 3.8) is 0 Å². The normalized spacial score (nSPS) is 14.1. The Morgan fingerprint density at radius 3 is 2.88 bits per heavy atom. The molecule has 0 aliphatic heterocycles. The van der Waals surface area contributed by atoms with Gasteiger partial charge in [0.15, 0.2) is 0 Å². The third kappa shape index (κ3) is 3.61. The summed E-state index contributed by atoms with van der Waals surface area (Å²) in [6.07, 6.45) is 4.75. The van der Waals surface area contributed by atoms with Gasteiger partial charge in [-0.15, -0.1) is 0 Å². The maximum absolute atomic E-state index is 11.0. The summed E-state index contributed by atoms with van der Waals surface area (Å²) in [7, 11) is 0. The molecule has 0 aliphatic carbocycles. The van der Waals surface area contributed by atoms with Crippen LogP contribution in [0.4, 0.5) is 5.69 Å². The number of aromatic carboxylic acids is 1. The van der Waals surface area contributed by atoms with E-state index in [0.29, 0.717) is 5.69 Å². The van der Waals surface area contributed by atoms with E-state index in [1.165, 1.54) is 24.2 Å². The van der Waals surface area contributed by atoms with Crippen LogP contribution in [0.2, 0.25) is 0 Å². The molecule has 6 heteroatoms. The zero-order chi connectivity index (χ0) is 12.8. The molecule has 0 fully saturated rings. The third-order valence-electron chi connectivity index (χ3n) is 2.48. The number of anilines is 1. The van der Waals surface area contributed by atoms with Crippen LogP contribution < -0.4 is 5.32 Å². The molecule has 1 aromatic heterocycles. The van der Waals surface area contributed by atoms with Gasteiger partial charge in [0.25, 0.3) is 0 Å². The summed E-state index contributed by atoms with van der Waals surface area (Å²) in [6, 6.07) is 1.59. The van der Waals surface area contributed by atoms with Gasteiger partial charge in [0.2, 0.25) is 0 Å². The molecule has 1 rings (SSSR count). The van der Waals surface area contributed by atoms with Crippen molar-refractivity contribution in [3.05, 3.63) is 24.0 Å². The van der Waals surface area contributed by atoms with E-state index in [9.17, 15) is 4.79 Å². The van der Waals surface area contributed by atoms with E-state index in [4.69, 9.17) is 10.2 Å². The van der Waals surface area contributed by atoms with Gasteiger partial charge in [-0.2, -0.15) is 11.8 Å². The largest absolute Gasteiger partial charge is 0.478 e. The molecule has 94 valence electrons. The van der Waals surface area contributed by atoms with Crippen LogP contribution in [-0.2, 0) is 0 Å². The number of nitrogens with zero attached hydrogens (tertiary/aromatic N) is 1. The predicted octanol–water partition coefficient (Wildman–Crippen LogP) is 1.30. The molecule has 3 N–H and O–H groups in total. The van der Waals surface area contributed by atoms with Gasteiger partial charge in [-0.05, 0) is 19.2 Å². The van der Waals surface area contributed by atoms with Crippen molar-refractivity contribution in [1.82, 2.24) is 4.98 Å². The highest BCUT2D eigenvalue weighted by Gasteiger charge is 2.17. The Morgan fingerprint density at radius 1 is 1.65 bits per heavy atom. The van der Waals surface area contributed by atoms with Gasteiger partial charge in [-0.1, -0.05) is 0 Å². The lowest BCUT2D eigenvalue weighted by Gasteiger charge is -2.23. The Morgan fingerprint density at radius 2 is 2.35 bits per heavy atom. The fraction of sp³-hybridized carbons (Fsp3) is 0.455. The summed E-state index contributed by atoms with van der Waals surface area (Å²) in [6.45, 7) is 1.95. The van der Waals surface area contributed by atoms with Crippen LogP contribution >= 0.6 is 11.8 Å². The Kier molecular flexibility index (Phi) is 5.24. The first-order valence-electron chi connectivity index (χ1n) is 5.17. The molecule has 0 radical (unpaired) electrons. The molecular weight excluding hydrogens is 240 g/mol. The van der Waals surface area contributed by atoms with Gasteiger partial charge >= 0.3 is 5.97 Å². The number of hydrogen-bond donors (Lipinski definition) is 3. The first-order chi connectivity index (χ1) is 8.10. The standard InChI is InChI=1S/C11H16N2O3S/c1-7(10(6-14)17-2)13-9-3-4-12-5-8(9)11(15)16/h3-5,7,10,14H,6H2,1-2H3,(H,12,13)(H,15,16). The number of hydrogen-bond acceptors (Lipinski definition) is 5. The summed E-state index contributed by atoms with van der Waals surface area (Å²) in [5.74, 6) is -1.02. The number of rotatable bonds is 6. The lowest BCUT2D eigenvalue weighted by molar-refractivity contribution is 0.0697. The van der Waals surface area contributed by atoms with E-state index in [1.807, 2.05) is 13.2 Å². The number of aliphatic hydroxyl groups is 1. The summed E-state index contributed by atoms with van der Waals surface area (Å²) >= 11 is 1.54. The fourth-order valence-corrected chi connectivity index (χ4v) is 2.09. The molecule has 5 nitrogen and oxygen atoms in total. The maximum Gasteiger partial charge on any atom is 0.339 e. The van der Waals surface area contributed by atoms with Gasteiger partial charge in [-0.3, -0.25) is 4.98 Å². The zero-order valence-corrected chi connectivity index (χ0v) is 10.6. The number of aromatic nitrogens is 1. The van der Waals surface area contributed by atoms with Crippen molar-refractivity contribution in [2.45, 2.75) is 18.2 Å². The smallest absolute Gasteiger partial charge is 0.339 e. The Bertz CT molecular complexity index is 383. The van der Waals surface area contributed by atoms with Crippen molar-refractivity contribution >= 4 is 23.4 Å². The molecule has 1 heterocycles. The van der Waals surface area contributed by atoms with Crippen LogP contribution in [-0.4, -0.2) is 45.3 Å². The first kappa shape index (κ1) is 13.8. The number of pyridine rings is 1. The Hall–Kier alpha value is -1.27. The lowest BCUT2D eigenvalue weighted by Crippen LogP contribution is -2.31. The van der Waals surface area contributed by atoms with E-state index in [0.717, 1.165) is 0 Å². The number of nitrogens with one attached hydrogen (secondary N) is 1. The van der Waals surface area contributed by atoms with E-state index < -0.39 is 5.97 Å². The number of thioether (sulfide) groups is 1. The van der Waals surface area contributed by atoms with Crippen molar-refractivity contribution < 1.29 is 15.0 Å². The maximum atomic E-state index is 11.0. The summed E-state index contributed by atoms with van der Waals surface area (Å²) in [4.78, 5) is 14.8. The zero-order valence-electron chi connectivity index (χ0n) is 9.75. The second-order valence-electron chi connectivity index (χ2n) is 3.62. The van der Waals surface area contributed by atoms with E-state index in [2.05, 4.69) is 10.3 Å². The van der Waals surface area contributed by atoms with Gasteiger partial charge in [0.1, 0.15) is 5.56 Å². The highest BCUT2D eigenvalue weighted by molar-refractivity contribution is 7.99. The van der Waals surface area contributed by atoms with Crippen LogP contribution in [0.1, 0.15) is 17.3 Å². The minimum Gasteiger partial charge on any atom is -0.478 e. The number of carboxylic acids is 1. The minimum absolute atomic E-state index is 0.0183. The van der Waals surface area contributed by atoms with Crippen LogP contribution in [0.25, 0.3) is 0 Å². The molecule has 17 heavy (non-hydrogen) atoms. The summed E-state index contributed by atoms with van der Waals surface area (Å²) in [5.41, 5.74) is 0.657. The van der Waals surface area contributed by atoms with Crippen molar-refractivity contribution in [2.24, 2.45) is 0 Å². The molecular formula is C11H16N2O3S. The highest BCUT2D eigenvalue weighted by Crippen LogP contribution is 2.19. The number of carbonyl (C=O) groups is 1. The Labute approximate surface area is 104 Å². The van der Waals surface area contributed by atoms with Crippen LogP contribution in [0.3, 0.4) is 0 Å². The second-order valence-corrected chi connectivity index (χ2v) is 4.69. The van der Waals surface area contributed by atoms with Crippen LogP contribution in [0.5, 0.6) is 0 Å². The fourth-order valence-electron chi connectivity index (χ4n) is 1.47. The molecule has 0 aliphatic rings. The number of carboxylic acid groups (broad SMARTS) is 1. The molecule has 0 bridgehead atoms. The van der Waals surface area contributed by atoms with Gasteiger partial charge < -0.3 is 15.5 Å². The molecule has 0 amide bonds. The first-order valence-corrected chi connectivity index (χ1v) is 6.46. The van der Waals surface area contributed by atoms with Gasteiger partial charge in [0, 0.05) is 23.7 Å². The molecule has 0 saturated heterocycles. The average molecular weight is 256 g/mol. The topological polar surface area (TPSA) is 82.5 Å². The van der Waals surface area contributed by atoms with E-state index >= 15 is 0 Å². The molecule has 2 unspecified atom stereocenters. The molecule has 0 saturated carbocycles. The summed E-state index contributed by atoms with van der Waals surface area (Å²) in [5, 5.41) is 21.3. The highest BCUT2D eigenvalue weighted by atomic mass is 32.2. The number of aliphatic hydroxyl groups excluding tert-OH is 1. The molecule has 1 aromatic rings. The van der Waals surface area contributed by atoms with E-state index in [-0.39, 0.29) is 23.5 Å². The van der Waals surface area contributed by atoms with Crippen LogP contribution in [0.15, 0.2) is 18.5 Å². The monoisotopic (exact) mass is 256 g/mol.